The fourth-order valence-electron chi connectivity index (χ4n) is 4.32. The first kappa shape index (κ1) is 25.5. The summed E-state index contributed by atoms with van der Waals surface area (Å²) >= 11 is 1.88. The summed E-state index contributed by atoms with van der Waals surface area (Å²) in [5.41, 5.74) is 7.82. The van der Waals surface area contributed by atoms with Gasteiger partial charge in [-0.15, -0.1) is 0 Å². The molecular weight excluding hydrogens is 410 g/mol. The molecule has 1 aliphatic rings. The number of hydrogen-bond acceptors (Lipinski definition) is 5. The van der Waals surface area contributed by atoms with Crippen LogP contribution in [0.5, 0.6) is 0 Å². The maximum atomic E-state index is 12.6. The van der Waals surface area contributed by atoms with E-state index < -0.39 is 5.91 Å². The van der Waals surface area contributed by atoms with Crippen LogP contribution in [0.1, 0.15) is 61.6 Å². The van der Waals surface area contributed by atoms with Gasteiger partial charge >= 0.3 is 6.03 Å². The van der Waals surface area contributed by atoms with Crippen LogP contribution < -0.4 is 11.1 Å². The van der Waals surface area contributed by atoms with E-state index in [9.17, 15) is 9.59 Å². The molecule has 31 heavy (non-hydrogen) atoms. The lowest BCUT2D eigenvalue weighted by atomic mass is 9.98. The predicted octanol–water partition coefficient (Wildman–Crippen LogP) is 3.06. The number of hydrogen-bond donors (Lipinski definition) is 2. The summed E-state index contributed by atoms with van der Waals surface area (Å²) in [6, 6.07) is 2.58. The summed E-state index contributed by atoms with van der Waals surface area (Å²) in [5, 5.41) is 2.98. The van der Waals surface area contributed by atoms with Crippen LogP contribution in [0.15, 0.2) is 12.3 Å². The van der Waals surface area contributed by atoms with Crippen molar-refractivity contribution in [3.63, 3.8) is 0 Å². The molecule has 0 aliphatic carbocycles. The summed E-state index contributed by atoms with van der Waals surface area (Å²) in [5.74, 6) is 1.66. The van der Waals surface area contributed by atoms with Gasteiger partial charge in [-0.2, -0.15) is 11.8 Å². The maximum absolute atomic E-state index is 12.6. The zero-order valence-corrected chi connectivity index (χ0v) is 20.3. The topological polar surface area (TPSA) is 91.6 Å². The van der Waals surface area contributed by atoms with E-state index in [0.717, 1.165) is 68.1 Å². The van der Waals surface area contributed by atoms with Gasteiger partial charge in [-0.1, -0.05) is 6.92 Å². The Labute approximate surface area is 191 Å². The molecule has 1 atom stereocenters. The standard InChI is InChI=1S/C23H39N5O2S/c1-5-25-23(30)28(15-16-31-6-2)19-10-13-27(14-11-19)18(4)7-8-20-21(22(24)29)17(3)9-12-26-20/h9,12,18-19H,5-8,10-11,13-16H2,1-4H3,(H2,24,29)(H,25,30)/t18-/m1/s1. The van der Waals surface area contributed by atoms with Crippen LogP contribution in [0.2, 0.25) is 0 Å². The number of thioether (sulfide) groups is 1. The molecule has 8 heteroatoms. The fourth-order valence-corrected chi connectivity index (χ4v) is 4.93. The third-order valence-electron chi connectivity index (χ3n) is 6.12. The minimum absolute atomic E-state index is 0.0650. The summed E-state index contributed by atoms with van der Waals surface area (Å²) in [6.45, 7) is 11.7. The number of nitrogens with zero attached hydrogens (tertiary/aromatic N) is 3. The van der Waals surface area contributed by atoms with Gasteiger partial charge in [-0.3, -0.25) is 9.78 Å². The molecule has 174 valence electrons. The van der Waals surface area contributed by atoms with Crippen molar-refractivity contribution in [2.75, 3.05) is 37.7 Å². The van der Waals surface area contributed by atoms with E-state index in [4.69, 9.17) is 5.73 Å². The lowest BCUT2D eigenvalue weighted by molar-refractivity contribution is 0.0986. The van der Waals surface area contributed by atoms with E-state index in [1.54, 1.807) is 6.20 Å². The number of amides is 3. The number of aryl methyl sites for hydroxylation is 2. The van der Waals surface area contributed by atoms with Gasteiger partial charge in [0.05, 0.1) is 11.3 Å². The van der Waals surface area contributed by atoms with Crippen LogP contribution in [-0.4, -0.2) is 76.5 Å². The molecule has 1 fully saturated rings. The first-order valence-electron chi connectivity index (χ1n) is 11.5. The van der Waals surface area contributed by atoms with Gasteiger partial charge in [0.1, 0.15) is 0 Å². The highest BCUT2D eigenvalue weighted by Gasteiger charge is 2.29. The van der Waals surface area contributed by atoms with Crippen LogP contribution in [0.4, 0.5) is 4.79 Å². The quantitative estimate of drug-likeness (QED) is 0.507. The lowest BCUT2D eigenvalue weighted by Gasteiger charge is -2.40. The number of aromatic nitrogens is 1. The Morgan fingerprint density at radius 2 is 2.06 bits per heavy atom. The molecule has 1 aromatic heterocycles. The predicted molar refractivity (Wildman–Crippen MR) is 129 cm³/mol. The first-order chi connectivity index (χ1) is 14.9. The molecule has 7 nitrogen and oxygen atoms in total. The Morgan fingerprint density at radius 3 is 2.68 bits per heavy atom. The third-order valence-corrected chi connectivity index (χ3v) is 7.00. The molecule has 1 aliphatic heterocycles. The second-order valence-corrected chi connectivity index (χ2v) is 9.59. The molecule has 3 amide bonds. The van der Waals surface area contributed by atoms with E-state index in [1.807, 2.05) is 36.6 Å². The van der Waals surface area contributed by atoms with Crippen LogP contribution in [0.25, 0.3) is 0 Å². The highest BCUT2D eigenvalue weighted by Crippen LogP contribution is 2.22. The van der Waals surface area contributed by atoms with Gasteiger partial charge in [-0.05, 0) is 63.8 Å². The Balaban J connectivity index is 1.90. The van der Waals surface area contributed by atoms with Crippen molar-refractivity contribution < 1.29 is 9.59 Å². The van der Waals surface area contributed by atoms with Crippen LogP contribution >= 0.6 is 11.8 Å². The van der Waals surface area contributed by atoms with Gasteiger partial charge in [0.15, 0.2) is 0 Å². The number of pyridine rings is 1. The van der Waals surface area contributed by atoms with E-state index in [1.165, 1.54) is 0 Å². The Kier molecular flexibility index (Phi) is 10.6. The second-order valence-electron chi connectivity index (χ2n) is 8.19. The Hall–Kier alpha value is -1.80. The van der Waals surface area contributed by atoms with Gasteiger partial charge in [0, 0.05) is 50.2 Å². The zero-order chi connectivity index (χ0) is 22.8. The number of piperidine rings is 1. The normalized spacial score (nSPS) is 16.1. The summed E-state index contributed by atoms with van der Waals surface area (Å²) in [6.07, 6.45) is 5.40. The molecule has 0 aromatic carbocycles. The molecule has 0 spiro atoms. The zero-order valence-electron chi connectivity index (χ0n) is 19.5. The fraction of sp³-hybridized carbons (Fsp3) is 0.696. The SMILES string of the molecule is CCNC(=O)N(CCSCC)C1CCN([C@H](C)CCc2nccc(C)c2C(N)=O)CC1. The van der Waals surface area contributed by atoms with Crippen molar-refractivity contribution in [1.82, 2.24) is 20.1 Å². The number of rotatable bonds is 11. The minimum atomic E-state index is -0.402. The highest BCUT2D eigenvalue weighted by molar-refractivity contribution is 7.99. The molecule has 0 radical (unpaired) electrons. The van der Waals surface area contributed by atoms with Crippen LogP contribution in [0, 0.1) is 6.92 Å². The number of primary amides is 1. The van der Waals surface area contributed by atoms with E-state index in [-0.39, 0.29) is 6.03 Å². The van der Waals surface area contributed by atoms with E-state index in [2.05, 4.69) is 29.0 Å². The van der Waals surface area contributed by atoms with Crippen LogP contribution in [0.3, 0.4) is 0 Å². The number of likely N-dealkylation sites (tertiary alicyclic amines) is 1. The minimum Gasteiger partial charge on any atom is -0.366 e. The van der Waals surface area contributed by atoms with Gasteiger partial charge in [-0.25, -0.2) is 4.79 Å². The molecule has 2 heterocycles. The largest absolute Gasteiger partial charge is 0.366 e. The summed E-state index contributed by atoms with van der Waals surface area (Å²) in [4.78, 5) is 33.3. The lowest BCUT2D eigenvalue weighted by Crippen LogP contribution is -2.52. The molecule has 0 unspecified atom stereocenters. The van der Waals surface area contributed by atoms with Crippen molar-refractivity contribution in [2.24, 2.45) is 5.73 Å². The monoisotopic (exact) mass is 449 g/mol. The van der Waals surface area contributed by atoms with Gasteiger partial charge < -0.3 is 20.9 Å². The second kappa shape index (κ2) is 12.9. The number of nitrogens with one attached hydrogen (secondary N) is 1. The van der Waals surface area contributed by atoms with Crippen LogP contribution in [-0.2, 0) is 6.42 Å². The molecule has 1 saturated heterocycles. The Bertz CT molecular complexity index is 722. The third kappa shape index (κ3) is 7.38. The average molecular weight is 450 g/mol. The smallest absolute Gasteiger partial charge is 0.317 e. The van der Waals surface area contributed by atoms with Crippen molar-refractivity contribution in [2.45, 2.75) is 65.5 Å². The molecule has 3 N–H and O–H groups in total. The van der Waals surface area contributed by atoms with Gasteiger partial charge in [0.2, 0.25) is 0 Å². The number of carbonyl (C=O) groups excluding carboxylic acids is 2. The Morgan fingerprint density at radius 1 is 1.35 bits per heavy atom. The number of nitrogens with two attached hydrogens (primary N) is 1. The van der Waals surface area contributed by atoms with Crippen molar-refractivity contribution >= 4 is 23.7 Å². The van der Waals surface area contributed by atoms with Crippen molar-refractivity contribution in [3.05, 3.63) is 29.1 Å². The first-order valence-corrected chi connectivity index (χ1v) is 12.6. The molecule has 1 aromatic rings. The van der Waals surface area contributed by atoms with Crippen molar-refractivity contribution in [1.29, 1.82) is 0 Å². The summed E-state index contributed by atoms with van der Waals surface area (Å²) < 4.78 is 0. The van der Waals surface area contributed by atoms with Gasteiger partial charge in [0.25, 0.3) is 5.91 Å². The average Bonchev–Trinajstić information content (AvgIpc) is 2.75. The maximum Gasteiger partial charge on any atom is 0.317 e. The highest BCUT2D eigenvalue weighted by atomic mass is 32.2. The number of urea groups is 1. The summed E-state index contributed by atoms with van der Waals surface area (Å²) in [7, 11) is 0. The molecule has 0 saturated carbocycles. The van der Waals surface area contributed by atoms with E-state index in [0.29, 0.717) is 24.2 Å². The molecular formula is C23H39N5O2S. The number of carbonyl (C=O) groups is 2. The molecule has 2 rings (SSSR count). The molecule has 0 bridgehead atoms. The van der Waals surface area contributed by atoms with Crippen molar-refractivity contribution in [3.8, 4) is 0 Å². The van der Waals surface area contributed by atoms with E-state index >= 15 is 0 Å².